The number of hydrogen-bond acceptors (Lipinski definition) is 4. The van der Waals surface area contributed by atoms with Gasteiger partial charge >= 0.3 is 0 Å². The van der Waals surface area contributed by atoms with Crippen molar-refractivity contribution < 1.29 is 17.9 Å². The van der Waals surface area contributed by atoms with Crippen LogP contribution in [0.3, 0.4) is 0 Å². The Balaban J connectivity index is 0.00000392. The average molecular weight is 521 g/mol. The van der Waals surface area contributed by atoms with E-state index in [9.17, 15) is 17.9 Å². The Bertz CT molecular complexity index is 903. The van der Waals surface area contributed by atoms with Gasteiger partial charge in [-0.1, -0.05) is 18.2 Å². The highest BCUT2D eigenvalue weighted by molar-refractivity contribution is 14.0. The molecule has 0 radical (unpaired) electrons. The van der Waals surface area contributed by atoms with Crippen LogP contribution in [0.1, 0.15) is 18.1 Å². The second-order valence-electron chi connectivity index (χ2n) is 6.07. The molecular weight excluding hydrogens is 496 g/mol. The fraction of sp³-hybridized carbons (Fsp3) is 0.316. The first kappa shape index (κ1) is 24.2. The lowest BCUT2D eigenvalue weighted by Crippen LogP contribution is -2.38. The normalized spacial score (nSPS) is 11.6. The van der Waals surface area contributed by atoms with Gasteiger partial charge in [-0.05, 0) is 48.7 Å². The number of guanidine groups is 1. The third kappa shape index (κ3) is 7.63. The van der Waals surface area contributed by atoms with Crippen LogP contribution in [0.5, 0.6) is 5.75 Å². The van der Waals surface area contributed by atoms with Gasteiger partial charge in [0.15, 0.2) is 27.4 Å². The zero-order valence-electron chi connectivity index (χ0n) is 15.8. The Labute approximate surface area is 182 Å². The maximum atomic E-state index is 13.4. The predicted octanol–water partition coefficient (Wildman–Crippen LogP) is 2.85. The molecule has 9 heteroatoms. The molecule has 2 rings (SSSR count). The van der Waals surface area contributed by atoms with Crippen LogP contribution in [0.15, 0.2) is 52.4 Å². The van der Waals surface area contributed by atoms with E-state index in [1.54, 1.807) is 30.3 Å². The summed E-state index contributed by atoms with van der Waals surface area (Å²) in [5.41, 5.74) is 1.66. The summed E-state index contributed by atoms with van der Waals surface area (Å²) >= 11 is 0. The van der Waals surface area contributed by atoms with E-state index < -0.39 is 15.7 Å². The molecular formula is C19H25FIN3O3S. The number of sulfone groups is 1. The summed E-state index contributed by atoms with van der Waals surface area (Å²) in [6.45, 7) is 3.50. The Morgan fingerprint density at radius 1 is 1.11 bits per heavy atom. The van der Waals surface area contributed by atoms with Crippen LogP contribution >= 0.6 is 24.0 Å². The molecule has 6 nitrogen and oxygen atoms in total. The number of aromatic hydroxyl groups is 1. The molecule has 0 heterocycles. The molecule has 0 bridgehead atoms. The summed E-state index contributed by atoms with van der Waals surface area (Å²) in [6.07, 6.45) is 1.88. The van der Waals surface area contributed by atoms with Crippen LogP contribution < -0.4 is 10.6 Å². The minimum atomic E-state index is -3.19. The topological polar surface area (TPSA) is 90.8 Å². The van der Waals surface area contributed by atoms with Crippen molar-refractivity contribution in [1.29, 1.82) is 0 Å². The first-order chi connectivity index (χ1) is 12.8. The van der Waals surface area contributed by atoms with Gasteiger partial charge in [0.2, 0.25) is 0 Å². The molecule has 0 atom stereocenters. The summed E-state index contributed by atoms with van der Waals surface area (Å²) in [7, 11) is -3.19. The number of rotatable bonds is 7. The molecule has 2 aromatic rings. The van der Waals surface area contributed by atoms with Crippen LogP contribution in [0.25, 0.3) is 0 Å². The molecule has 0 aromatic heterocycles. The fourth-order valence-electron chi connectivity index (χ4n) is 2.39. The van der Waals surface area contributed by atoms with E-state index in [-0.39, 0.29) is 36.3 Å². The Kier molecular flexibility index (Phi) is 9.66. The van der Waals surface area contributed by atoms with E-state index >= 15 is 0 Å². The molecule has 154 valence electrons. The van der Waals surface area contributed by atoms with Crippen molar-refractivity contribution in [3.8, 4) is 5.75 Å². The smallest absolute Gasteiger partial charge is 0.191 e. The monoisotopic (exact) mass is 521 g/mol. The summed E-state index contributed by atoms with van der Waals surface area (Å²) in [5, 5.41) is 15.5. The maximum Gasteiger partial charge on any atom is 0.191 e. The van der Waals surface area contributed by atoms with Crippen LogP contribution in [-0.4, -0.2) is 38.8 Å². The summed E-state index contributed by atoms with van der Waals surface area (Å²) < 4.78 is 36.3. The second-order valence-corrected chi connectivity index (χ2v) is 8.09. The Morgan fingerprint density at radius 3 is 2.32 bits per heavy atom. The lowest BCUT2D eigenvalue weighted by Gasteiger charge is -2.11. The molecule has 0 aliphatic carbocycles. The third-order valence-electron chi connectivity index (χ3n) is 3.83. The molecule has 2 aromatic carbocycles. The quantitative estimate of drug-likeness (QED) is 0.296. The number of phenols is 1. The van der Waals surface area contributed by atoms with Gasteiger partial charge in [-0.15, -0.1) is 24.0 Å². The van der Waals surface area contributed by atoms with Gasteiger partial charge in [0.1, 0.15) is 0 Å². The molecule has 0 saturated carbocycles. The highest BCUT2D eigenvalue weighted by Gasteiger charge is 2.06. The van der Waals surface area contributed by atoms with Gasteiger partial charge in [0.05, 0.1) is 11.4 Å². The minimum Gasteiger partial charge on any atom is -0.505 e. The van der Waals surface area contributed by atoms with Crippen molar-refractivity contribution >= 4 is 39.8 Å². The maximum absolute atomic E-state index is 13.4. The Hall–Kier alpha value is -1.88. The standard InChI is InChI=1S/C19H24FN3O3S.HI/c1-3-21-19(23-13-15-6-9-18(24)17(20)12-15)22-11-10-14-4-7-16(8-5-14)27(2,25)26;/h4-9,12,24H,3,10-11,13H2,1-2H3,(H2,21,22,23);1H. The van der Waals surface area contributed by atoms with Gasteiger partial charge in [-0.3, -0.25) is 0 Å². The van der Waals surface area contributed by atoms with Crippen molar-refractivity contribution in [3.05, 3.63) is 59.4 Å². The Morgan fingerprint density at radius 2 is 1.75 bits per heavy atom. The summed E-state index contributed by atoms with van der Waals surface area (Å²) in [5.74, 6) is -0.452. The number of halogens is 2. The first-order valence-corrected chi connectivity index (χ1v) is 10.5. The fourth-order valence-corrected chi connectivity index (χ4v) is 3.02. The van der Waals surface area contributed by atoms with E-state index in [0.29, 0.717) is 35.9 Å². The lowest BCUT2D eigenvalue weighted by molar-refractivity contribution is 0.432. The van der Waals surface area contributed by atoms with Crippen LogP contribution in [0, 0.1) is 5.82 Å². The van der Waals surface area contributed by atoms with E-state index in [2.05, 4.69) is 15.6 Å². The summed E-state index contributed by atoms with van der Waals surface area (Å²) in [4.78, 5) is 4.70. The van der Waals surface area contributed by atoms with Gasteiger partial charge in [-0.25, -0.2) is 17.8 Å². The van der Waals surface area contributed by atoms with Gasteiger partial charge in [0, 0.05) is 19.3 Å². The SMILES string of the molecule is CCNC(=NCc1ccc(O)c(F)c1)NCCc1ccc(S(C)(=O)=O)cc1.I. The number of benzene rings is 2. The van der Waals surface area contributed by atoms with Crippen molar-refractivity contribution in [2.24, 2.45) is 4.99 Å². The average Bonchev–Trinajstić information content (AvgIpc) is 2.62. The first-order valence-electron chi connectivity index (χ1n) is 8.58. The molecule has 28 heavy (non-hydrogen) atoms. The number of phenolic OH excluding ortho intramolecular Hbond substituents is 1. The minimum absolute atomic E-state index is 0. The molecule has 0 fully saturated rings. The van der Waals surface area contributed by atoms with E-state index in [1.165, 1.54) is 18.4 Å². The van der Waals surface area contributed by atoms with Crippen LogP contribution in [0.4, 0.5) is 4.39 Å². The molecule has 0 saturated heterocycles. The highest BCUT2D eigenvalue weighted by Crippen LogP contribution is 2.16. The highest BCUT2D eigenvalue weighted by atomic mass is 127. The summed E-state index contributed by atoms with van der Waals surface area (Å²) in [6, 6.07) is 11.0. The zero-order chi connectivity index (χ0) is 19.9. The van der Waals surface area contributed by atoms with Crippen molar-refractivity contribution in [2.75, 3.05) is 19.3 Å². The molecule has 0 unspecified atom stereocenters. The number of nitrogens with zero attached hydrogens (tertiary/aromatic N) is 1. The van der Waals surface area contributed by atoms with E-state index in [4.69, 9.17) is 0 Å². The van der Waals surface area contributed by atoms with Crippen LogP contribution in [-0.2, 0) is 22.8 Å². The number of aliphatic imine (C=N–C) groups is 1. The molecule has 0 aliphatic heterocycles. The van der Waals surface area contributed by atoms with Gasteiger partial charge in [0.25, 0.3) is 0 Å². The van der Waals surface area contributed by atoms with Gasteiger partial charge in [-0.2, -0.15) is 0 Å². The second kappa shape index (κ2) is 11.2. The third-order valence-corrected chi connectivity index (χ3v) is 4.96. The largest absolute Gasteiger partial charge is 0.505 e. The van der Waals surface area contributed by atoms with Crippen molar-refractivity contribution in [1.82, 2.24) is 10.6 Å². The molecule has 0 spiro atoms. The van der Waals surface area contributed by atoms with E-state index in [0.717, 1.165) is 5.56 Å². The predicted molar refractivity (Wildman–Crippen MR) is 120 cm³/mol. The molecule has 0 aliphatic rings. The molecule has 3 N–H and O–H groups in total. The lowest BCUT2D eigenvalue weighted by atomic mass is 10.1. The van der Waals surface area contributed by atoms with Crippen molar-refractivity contribution in [2.45, 2.75) is 24.8 Å². The number of hydrogen-bond donors (Lipinski definition) is 3. The number of nitrogens with one attached hydrogen (secondary N) is 2. The van der Waals surface area contributed by atoms with Gasteiger partial charge < -0.3 is 15.7 Å². The van der Waals surface area contributed by atoms with Crippen LogP contribution in [0.2, 0.25) is 0 Å². The van der Waals surface area contributed by atoms with E-state index in [1.807, 2.05) is 6.92 Å². The molecule has 0 amide bonds. The zero-order valence-corrected chi connectivity index (χ0v) is 18.9. The van der Waals surface area contributed by atoms with Crippen molar-refractivity contribution in [3.63, 3.8) is 0 Å².